The molecule has 0 fully saturated rings. The second-order valence-electron chi connectivity index (χ2n) is 5.51. The van der Waals surface area contributed by atoms with Crippen LogP contribution in [0.1, 0.15) is 29.8 Å². The van der Waals surface area contributed by atoms with Gasteiger partial charge in [-0.25, -0.2) is 0 Å². The normalized spacial score (nSPS) is 11.1. The molecule has 0 spiro atoms. The van der Waals surface area contributed by atoms with Crippen LogP contribution in [0.15, 0.2) is 60.7 Å². The number of carbonyl (C=O) groups excluding carboxylic acids is 1. The van der Waals surface area contributed by atoms with E-state index in [1.165, 1.54) is 0 Å². The SMILES string of the molecule is CCN(CC)CCOc1ccc(/C=C/C(=O)c2ccccc2)cc1. The van der Waals surface area contributed by atoms with Gasteiger partial charge in [-0.15, -0.1) is 0 Å². The third-order valence-corrected chi connectivity index (χ3v) is 3.94. The maximum absolute atomic E-state index is 12.0. The fraction of sp³-hybridized carbons (Fsp3) is 0.286. The fourth-order valence-corrected chi connectivity index (χ4v) is 2.38. The van der Waals surface area contributed by atoms with Crippen molar-refractivity contribution in [1.29, 1.82) is 0 Å². The van der Waals surface area contributed by atoms with Gasteiger partial charge in [-0.3, -0.25) is 4.79 Å². The highest BCUT2D eigenvalue weighted by molar-refractivity contribution is 6.06. The van der Waals surface area contributed by atoms with Gasteiger partial charge in [0.15, 0.2) is 5.78 Å². The predicted molar refractivity (Wildman–Crippen MR) is 99.5 cm³/mol. The number of allylic oxidation sites excluding steroid dienone is 1. The zero-order valence-corrected chi connectivity index (χ0v) is 14.4. The Morgan fingerprint density at radius 1 is 1.00 bits per heavy atom. The Balaban J connectivity index is 1.85. The summed E-state index contributed by atoms with van der Waals surface area (Å²) in [5.74, 6) is 0.865. The van der Waals surface area contributed by atoms with Crippen LogP contribution in [0.4, 0.5) is 0 Å². The first-order chi connectivity index (χ1) is 11.7. The molecule has 0 aliphatic carbocycles. The number of ketones is 1. The van der Waals surface area contributed by atoms with Crippen molar-refractivity contribution in [3.05, 3.63) is 71.8 Å². The summed E-state index contributed by atoms with van der Waals surface area (Å²) in [6.45, 7) is 8.00. The lowest BCUT2D eigenvalue weighted by molar-refractivity contribution is 0.104. The highest BCUT2D eigenvalue weighted by Crippen LogP contribution is 2.14. The highest BCUT2D eigenvalue weighted by atomic mass is 16.5. The van der Waals surface area contributed by atoms with Gasteiger partial charge in [-0.2, -0.15) is 0 Å². The van der Waals surface area contributed by atoms with E-state index in [2.05, 4.69) is 18.7 Å². The Bertz CT molecular complexity index is 643. The van der Waals surface area contributed by atoms with Crippen LogP contribution < -0.4 is 4.74 Å². The lowest BCUT2D eigenvalue weighted by Crippen LogP contribution is -2.27. The molecule has 3 nitrogen and oxygen atoms in total. The molecule has 0 bridgehead atoms. The summed E-state index contributed by atoms with van der Waals surface area (Å²) < 4.78 is 5.76. The quantitative estimate of drug-likeness (QED) is 0.509. The first kappa shape index (κ1) is 18.0. The number of rotatable bonds is 9. The van der Waals surface area contributed by atoms with Crippen molar-refractivity contribution in [3.63, 3.8) is 0 Å². The number of hydrogen-bond donors (Lipinski definition) is 0. The van der Waals surface area contributed by atoms with E-state index < -0.39 is 0 Å². The molecule has 0 N–H and O–H groups in total. The Morgan fingerprint density at radius 2 is 1.67 bits per heavy atom. The molecule has 0 aliphatic heterocycles. The van der Waals surface area contributed by atoms with E-state index in [0.717, 1.165) is 30.9 Å². The van der Waals surface area contributed by atoms with E-state index in [1.54, 1.807) is 6.08 Å². The van der Waals surface area contributed by atoms with Crippen LogP contribution in [0.5, 0.6) is 5.75 Å². The maximum Gasteiger partial charge on any atom is 0.185 e. The minimum absolute atomic E-state index is 0.00940. The van der Waals surface area contributed by atoms with E-state index in [1.807, 2.05) is 60.7 Å². The molecule has 0 heterocycles. The van der Waals surface area contributed by atoms with Gasteiger partial charge in [-0.05, 0) is 36.9 Å². The van der Waals surface area contributed by atoms with Gasteiger partial charge in [0.05, 0.1) is 0 Å². The smallest absolute Gasteiger partial charge is 0.185 e. The Hall–Kier alpha value is -2.39. The van der Waals surface area contributed by atoms with Crippen molar-refractivity contribution >= 4 is 11.9 Å². The number of benzene rings is 2. The van der Waals surface area contributed by atoms with Gasteiger partial charge in [0.25, 0.3) is 0 Å². The van der Waals surface area contributed by atoms with Crippen molar-refractivity contribution in [1.82, 2.24) is 4.90 Å². The average Bonchev–Trinajstić information content (AvgIpc) is 2.65. The standard InChI is InChI=1S/C21H25NO2/c1-3-22(4-2)16-17-24-20-13-10-18(11-14-20)12-15-21(23)19-8-6-5-7-9-19/h5-15H,3-4,16-17H2,1-2H3/b15-12+. The first-order valence-electron chi connectivity index (χ1n) is 8.45. The van der Waals surface area contributed by atoms with Gasteiger partial charge in [0.1, 0.15) is 12.4 Å². The Morgan fingerprint density at radius 3 is 2.29 bits per heavy atom. The molecule has 0 aromatic heterocycles. The summed E-state index contributed by atoms with van der Waals surface area (Å²) in [5.41, 5.74) is 1.68. The van der Waals surface area contributed by atoms with Crippen LogP contribution in [-0.2, 0) is 0 Å². The summed E-state index contributed by atoms with van der Waals surface area (Å²) in [6.07, 6.45) is 3.43. The second kappa shape index (κ2) is 9.68. The highest BCUT2D eigenvalue weighted by Gasteiger charge is 2.01. The maximum atomic E-state index is 12.0. The number of carbonyl (C=O) groups is 1. The van der Waals surface area contributed by atoms with E-state index in [0.29, 0.717) is 12.2 Å². The van der Waals surface area contributed by atoms with Crippen LogP contribution >= 0.6 is 0 Å². The van der Waals surface area contributed by atoms with Crippen LogP contribution in [0.25, 0.3) is 6.08 Å². The molecule has 3 heteroatoms. The molecular weight excluding hydrogens is 298 g/mol. The van der Waals surface area contributed by atoms with E-state index in [4.69, 9.17) is 4.74 Å². The summed E-state index contributed by atoms with van der Waals surface area (Å²) >= 11 is 0. The van der Waals surface area contributed by atoms with Crippen molar-refractivity contribution < 1.29 is 9.53 Å². The Kier molecular flexibility index (Phi) is 7.24. The van der Waals surface area contributed by atoms with Crippen molar-refractivity contribution in [2.45, 2.75) is 13.8 Å². The molecule has 0 saturated carbocycles. The van der Waals surface area contributed by atoms with Crippen molar-refractivity contribution in [2.75, 3.05) is 26.2 Å². The second-order valence-corrected chi connectivity index (χ2v) is 5.51. The summed E-state index contributed by atoms with van der Waals surface area (Å²) in [5, 5.41) is 0. The summed E-state index contributed by atoms with van der Waals surface area (Å²) in [4.78, 5) is 14.4. The number of hydrogen-bond acceptors (Lipinski definition) is 3. The van der Waals surface area contributed by atoms with Crippen LogP contribution in [0.2, 0.25) is 0 Å². The van der Waals surface area contributed by atoms with Gasteiger partial charge >= 0.3 is 0 Å². The molecule has 2 rings (SSSR count). The third kappa shape index (κ3) is 5.67. The van der Waals surface area contributed by atoms with E-state index >= 15 is 0 Å². The lowest BCUT2D eigenvalue weighted by atomic mass is 10.1. The molecule has 2 aromatic rings. The van der Waals surface area contributed by atoms with Gasteiger partial charge in [-0.1, -0.05) is 62.4 Å². The number of likely N-dealkylation sites (N-methyl/N-ethyl adjacent to an activating group) is 1. The third-order valence-electron chi connectivity index (χ3n) is 3.94. The Labute approximate surface area is 144 Å². The fourth-order valence-electron chi connectivity index (χ4n) is 2.38. The van der Waals surface area contributed by atoms with Crippen LogP contribution in [-0.4, -0.2) is 36.9 Å². The molecule has 2 aromatic carbocycles. The molecule has 0 amide bonds. The van der Waals surface area contributed by atoms with Crippen LogP contribution in [0.3, 0.4) is 0 Å². The molecule has 126 valence electrons. The van der Waals surface area contributed by atoms with Gasteiger partial charge < -0.3 is 9.64 Å². The molecule has 0 saturated heterocycles. The predicted octanol–water partition coefficient (Wildman–Crippen LogP) is 4.30. The van der Waals surface area contributed by atoms with Crippen molar-refractivity contribution in [2.24, 2.45) is 0 Å². The molecule has 0 aliphatic rings. The van der Waals surface area contributed by atoms with E-state index in [9.17, 15) is 4.79 Å². The first-order valence-corrected chi connectivity index (χ1v) is 8.45. The molecule has 0 unspecified atom stereocenters. The summed E-state index contributed by atoms with van der Waals surface area (Å²) in [6, 6.07) is 17.1. The number of nitrogens with zero attached hydrogens (tertiary/aromatic N) is 1. The zero-order chi connectivity index (χ0) is 17.2. The van der Waals surface area contributed by atoms with Gasteiger partial charge in [0, 0.05) is 12.1 Å². The summed E-state index contributed by atoms with van der Waals surface area (Å²) in [7, 11) is 0. The lowest BCUT2D eigenvalue weighted by Gasteiger charge is -2.17. The topological polar surface area (TPSA) is 29.5 Å². The van der Waals surface area contributed by atoms with Crippen LogP contribution in [0, 0.1) is 0 Å². The largest absolute Gasteiger partial charge is 0.492 e. The molecule has 24 heavy (non-hydrogen) atoms. The zero-order valence-electron chi connectivity index (χ0n) is 14.4. The minimum atomic E-state index is 0.00940. The monoisotopic (exact) mass is 323 g/mol. The molecule has 0 radical (unpaired) electrons. The molecule has 0 atom stereocenters. The number of ether oxygens (including phenoxy) is 1. The average molecular weight is 323 g/mol. The van der Waals surface area contributed by atoms with Crippen molar-refractivity contribution in [3.8, 4) is 5.75 Å². The van der Waals surface area contributed by atoms with E-state index in [-0.39, 0.29) is 5.78 Å². The minimum Gasteiger partial charge on any atom is -0.492 e. The molecular formula is C21H25NO2. The van der Waals surface area contributed by atoms with Gasteiger partial charge in [0.2, 0.25) is 0 Å².